The molecule has 0 aliphatic rings. The summed E-state index contributed by atoms with van der Waals surface area (Å²) < 4.78 is 68.8. The first-order chi connectivity index (χ1) is 50.0. The quantitative estimate of drug-likeness (QED) is 0.0222. The van der Waals surface area contributed by atoms with Crippen molar-refractivity contribution in [2.45, 2.75) is 470 Å². The van der Waals surface area contributed by atoms with E-state index in [1.165, 1.54) is 276 Å². The second-order valence-corrected chi connectivity index (χ2v) is 33.6. The van der Waals surface area contributed by atoms with Gasteiger partial charge in [0.2, 0.25) is 0 Å². The van der Waals surface area contributed by atoms with Crippen molar-refractivity contribution in [3.8, 4) is 0 Å². The Bertz CT molecular complexity index is 1960. The van der Waals surface area contributed by atoms with Crippen LogP contribution in [0.4, 0.5) is 0 Å². The predicted octanol–water partition coefficient (Wildman–Crippen LogP) is 25.6. The molecule has 3 N–H and O–H groups in total. The summed E-state index contributed by atoms with van der Waals surface area (Å²) >= 11 is 0. The molecule has 0 rings (SSSR count). The lowest BCUT2D eigenvalue weighted by Gasteiger charge is -2.21. The summed E-state index contributed by atoms with van der Waals surface area (Å²) in [5.74, 6) is -1.34. The first kappa shape index (κ1) is 101. The van der Waals surface area contributed by atoms with Crippen molar-refractivity contribution in [2.24, 2.45) is 5.92 Å². The van der Waals surface area contributed by atoms with E-state index in [0.717, 1.165) is 95.8 Å². The summed E-state index contributed by atoms with van der Waals surface area (Å²) in [5, 5.41) is 10.7. The topological polar surface area (TPSA) is 237 Å². The highest BCUT2D eigenvalue weighted by atomic mass is 31.2. The van der Waals surface area contributed by atoms with E-state index in [1.54, 1.807) is 0 Å². The monoisotopic (exact) mass is 1510 g/mol. The number of hydrogen-bond donors (Lipinski definition) is 3. The average molecular weight is 1510 g/mol. The van der Waals surface area contributed by atoms with E-state index in [9.17, 15) is 43.2 Å². The van der Waals surface area contributed by atoms with Crippen LogP contribution < -0.4 is 0 Å². The molecule has 0 aromatic heterocycles. The van der Waals surface area contributed by atoms with E-state index >= 15 is 0 Å². The normalized spacial score (nSPS) is 13.8. The molecule has 0 radical (unpaired) electrons. The fraction of sp³-hybridized carbons (Fsp3) is 0.952. The van der Waals surface area contributed by atoms with E-state index in [4.69, 9.17) is 37.0 Å². The summed E-state index contributed by atoms with van der Waals surface area (Å²) in [5.41, 5.74) is 0. The zero-order chi connectivity index (χ0) is 75.5. The Morgan fingerprint density at radius 1 is 0.262 bits per heavy atom. The van der Waals surface area contributed by atoms with Gasteiger partial charge in [0.25, 0.3) is 0 Å². The molecule has 0 aromatic carbocycles. The second-order valence-electron chi connectivity index (χ2n) is 30.7. The van der Waals surface area contributed by atoms with Crippen molar-refractivity contribution >= 4 is 39.5 Å². The van der Waals surface area contributed by atoms with Crippen LogP contribution in [-0.2, 0) is 65.4 Å². The van der Waals surface area contributed by atoms with E-state index in [1.807, 2.05) is 0 Å². The van der Waals surface area contributed by atoms with Crippen LogP contribution in [0, 0.1) is 5.92 Å². The van der Waals surface area contributed by atoms with E-state index in [-0.39, 0.29) is 25.7 Å². The Balaban J connectivity index is 5.23. The van der Waals surface area contributed by atoms with Crippen LogP contribution in [0.3, 0.4) is 0 Å². The smallest absolute Gasteiger partial charge is 0.462 e. The molecule has 0 heterocycles. The minimum Gasteiger partial charge on any atom is -0.462 e. The maximum atomic E-state index is 13.1. The highest BCUT2D eigenvalue weighted by Crippen LogP contribution is 2.45. The number of phosphoric acid groups is 2. The largest absolute Gasteiger partial charge is 0.472 e. The molecule has 103 heavy (non-hydrogen) atoms. The number of unbranched alkanes of at least 4 members (excludes halogenated alkanes) is 56. The third-order valence-corrected chi connectivity index (χ3v) is 21.7. The zero-order valence-corrected chi connectivity index (χ0v) is 69.3. The zero-order valence-electron chi connectivity index (χ0n) is 67.5. The van der Waals surface area contributed by atoms with Crippen LogP contribution in [0.5, 0.6) is 0 Å². The van der Waals surface area contributed by atoms with Gasteiger partial charge < -0.3 is 33.8 Å². The first-order valence-corrected chi connectivity index (χ1v) is 46.6. The molecule has 612 valence electrons. The van der Waals surface area contributed by atoms with Crippen molar-refractivity contribution in [3.05, 3.63) is 0 Å². The maximum Gasteiger partial charge on any atom is 0.472 e. The predicted molar refractivity (Wildman–Crippen MR) is 423 cm³/mol. The molecule has 0 saturated heterocycles. The number of carbonyl (C=O) groups excluding carboxylic acids is 4. The molecule has 0 spiro atoms. The van der Waals surface area contributed by atoms with Crippen LogP contribution in [-0.4, -0.2) is 96.7 Å². The number of aliphatic hydroxyl groups excluding tert-OH is 1. The fourth-order valence-corrected chi connectivity index (χ4v) is 14.7. The summed E-state index contributed by atoms with van der Waals surface area (Å²) in [6.07, 6.45) is 69.4. The summed E-state index contributed by atoms with van der Waals surface area (Å²) in [6, 6.07) is 0. The van der Waals surface area contributed by atoms with Crippen molar-refractivity contribution < 1.29 is 80.2 Å². The molecule has 19 heteroatoms. The standard InChI is InChI=1S/C84H164O17P2/c1-6-9-12-15-18-21-24-26-28-30-31-32-33-35-37-39-44-49-54-59-64-69-83(88)100-80(74-95-82(87)68-63-58-53-48-43-38-36-34-29-27-25-22-19-16-13-10-7-2)76-99-103(92,93)97-72-78(85)71-96-102(90,91)98-75-79(73-94-81(86)67-62-57-52-47-41-23-20-17-14-11-8-3)101-84(89)70-65-60-55-50-45-40-42-46-51-56-61-66-77(4)5/h77-80,85H,6-76H2,1-5H3,(H,90,91)(H,92,93)/t78-,79+,80+/m0/s1. The van der Waals surface area contributed by atoms with Gasteiger partial charge in [-0.1, -0.05) is 401 Å². The number of aliphatic hydroxyl groups is 1. The van der Waals surface area contributed by atoms with Crippen molar-refractivity contribution in [3.63, 3.8) is 0 Å². The molecular formula is C84H164O17P2. The van der Waals surface area contributed by atoms with Crippen LogP contribution in [0.2, 0.25) is 0 Å². The molecule has 0 bridgehead atoms. The molecular weight excluding hydrogens is 1340 g/mol. The summed E-state index contributed by atoms with van der Waals surface area (Å²) in [4.78, 5) is 73.1. The van der Waals surface area contributed by atoms with Gasteiger partial charge in [-0.3, -0.25) is 37.3 Å². The van der Waals surface area contributed by atoms with Gasteiger partial charge in [0.05, 0.1) is 26.4 Å². The Hall–Kier alpha value is -1.94. The number of esters is 4. The number of hydrogen-bond acceptors (Lipinski definition) is 15. The Kier molecular flexibility index (Phi) is 75.4. The van der Waals surface area contributed by atoms with Gasteiger partial charge in [0.15, 0.2) is 12.2 Å². The molecule has 5 atom stereocenters. The molecule has 0 saturated carbocycles. The van der Waals surface area contributed by atoms with Gasteiger partial charge in [0, 0.05) is 25.7 Å². The lowest BCUT2D eigenvalue weighted by Crippen LogP contribution is -2.30. The van der Waals surface area contributed by atoms with Crippen LogP contribution in [0.15, 0.2) is 0 Å². The fourth-order valence-electron chi connectivity index (χ4n) is 13.1. The average Bonchev–Trinajstić information content (AvgIpc) is 0.930. The van der Waals surface area contributed by atoms with Crippen molar-refractivity contribution in [2.75, 3.05) is 39.6 Å². The van der Waals surface area contributed by atoms with Gasteiger partial charge in [-0.2, -0.15) is 0 Å². The Labute approximate surface area is 632 Å². The number of rotatable bonds is 84. The molecule has 0 aliphatic heterocycles. The third-order valence-electron chi connectivity index (χ3n) is 19.8. The molecule has 0 aromatic rings. The van der Waals surface area contributed by atoms with Crippen LogP contribution in [0.1, 0.15) is 452 Å². The molecule has 17 nitrogen and oxygen atoms in total. The number of carbonyl (C=O) groups is 4. The highest BCUT2D eigenvalue weighted by Gasteiger charge is 2.30. The minimum atomic E-state index is -4.96. The van der Waals surface area contributed by atoms with E-state index in [0.29, 0.717) is 25.7 Å². The lowest BCUT2D eigenvalue weighted by molar-refractivity contribution is -0.161. The third kappa shape index (κ3) is 78.0. The number of ether oxygens (including phenoxy) is 4. The highest BCUT2D eigenvalue weighted by molar-refractivity contribution is 7.47. The summed E-state index contributed by atoms with van der Waals surface area (Å²) in [6.45, 7) is 7.35. The Morgan fingerprint density at radius 2 is 0.447 bits per heavy atom. The van der Waals surface area contributed by atoms with Crippen molar-refractivity contribution in [1.29, 1.82) is 0 Å². The van der Waals surface area contributed by atoms with Crippen LogP contribution >= 0.6 is 15.6 Å². The number of phosphoric ester groups is 2. The van der Waals surface area contributed by atoms with Crippen LogP contribution in [0.25, 0.3) is 0 Å². The van der Waals surface area contributed by atoms with Gasteiger partial charge in [-0.05, 0) is 31.6 Å². The molecule has 0 amide bonds. The second kappa shape index (κ2) is 76.8. The SMILES string of the molecule is CCCCCCCCCCCCCCCCCCCCCCCC(=O)O[C@H](COC(=O)CCCCCCCCCCCCCCCCCCC)COP(=O)(O)OC[C@@H](O)COP(=O)(O)OC[C@@H](COC(=O)CCCCCCCCCCCCC)OC(=O)CCCCCCCCCCCCCC(C)C. The minimum absolute atomic E-state index is 0.107. The maximum absolute atomic E-state index is 13.1. The summed E-state index contributed by atoms with van der Waals surface area (Å²) in [7, 11) is -9.92. The van der Waals surface area contributed by atoms with E-state index < -0.39 is 97.5 Å². The van der Waals surface area contributed by atoms with Gasteiger partial charge in [-0.25, -0.2) is 9.13 Å². The van der Waals surface area contributed by atoms with Crippen molar-refractivity contribution in [1.82, 2.24) is 0 Å². The molecule has 0 fully saturated rings. The molecule has 0 aliphatic carbocycles. The van der Waals surface area contributed by atoms with Gasteiger partial charge in [-0.15, -0.1) is 0 Å². The lowest BCUT2D eigenvalue weighted by atomic mass is 10.0. The van der Waals surface area contributed by atoms with Gasteiger partial charge >= 0.3 is 39.5 Å². The first-order valence-electron chi connectivity index (χ1n) is 43.6. The van der Waals surface area contributed by atoms with E-state index in [2.05, 4.69) is 34.6 Å². The molecule has 2 unspecified atom stereocenters. The van der Waals surface area contributed by atoms with Gasteiger partial charge in [0.1, 0.15) is 19.3 Å². The Morgan fingerprint density at radius 3 is 0.660 bits per heavy atom.